The molecule has 0 bridgehead atoms. The number of nitrogens with zero attached hydrogens (tertiary/aromatic N) is 1. The van der Waals surface area contributed by atoms with Crippen molar-refractivity contribution in [3.63, 3.8) is 0 Å². The number of hydrogen-bond acceptors (Lipinski definition) is 4. The molecule has 1 aliphatic rings. The normalized spacial score (nSPS) is 19.1. The van der Waals surface area contributed by atoms with Gasteiger partial charge in [0.25, 0.3) is 0 Å². The summed E-state index contributed by atoms with van der Waals surface area (Å²) in [6.45, 7) is 1.92. The molecule has 2 aromatic carbocycles. The van der Waals surface area contributed by atoms with Crippen LogP contribution in [0.2, 0.25) is 0 Å². The van der Waals surface area contributed by atoms with Crippen LogP contribution < -0.4 is 4.90 Å². The van der Waals surface area contributed by atoms with Crippen LogP contribution in [0.5, 0.6) is 0 Å². The van der Waals surface area contributed by atoms with Gasteiger partial charge in [-0.2, -0.15) is 0 Å². The van der Waals surface area contributed by atoms with Crippen molar-refractivity contribution >= 4 is 23.0 Å². The zero-order valence-corrected chi connectivity index (χ0v) is 16.3. The molecule has 28 heavy (non-hydrogen) atoms. The maximum Gasteiger partial charge on any atom is 0.317 e. The summed E-state index contributed by atoms with van der Waals surface area (Å²) >= 11 is 0. The van der Waals surface area contributed by atoms with Crippen molar-refractivity contribution in [2.24, 2.45) is 5.92 Å². The Balaban J connectivity index is 2.02. The summed E-state index contributed by atoms with van der Waals surface area (Å²) in [6.07, 6.45) is 2.05. The molecule has 1 aliphatic carbocycles. The first-order valence-electron chi connectivity index (χ1n) is 9.35. The molecule has 146 valence electrons. The second-order valence-electron chi connectivity index (χ2n) is 7.11. The van der Waals surface area contributed by atoms with Crippen LogP contribution in [0.15, 0.2) is 54.6 Å². The molecule has 0 saturated heterocycles. The Hall–Kier alpha value is -2.95. The Bertz CT molecular complexity index is 902. The van der Waals surface area contributed by atoms with Gasteiger partial charge in [-0.25, -0.2) is 4.39 Å². The number of carbonyl (C=O) groups is 2. The monoisotopic (exact) mass is 381 g/mol. The van der Waals surface area contributed by atoms with Crippen LogP contribution in [0.25, 0.3) is 5.57 Å². The van der Waals surface area contributed by atoms with E-state index in [-0.39, 0.29) is 18.2 Å². The van der Waals surface area contributed by atoms with Crippen LogP contribution in [-0.4, -0.2) is 32.5 Å². The first-order valence-corrected chi connectivity index (χ1v) is 9.35. The summed E-state index contributed by atoms with van der Waals surface area (Å²) in [5.74, 6) is -2.46. The van der Waals surface area contributed by atoms with E-state index in [1.807, 2.05) is 43.3 Å². The first-order chi connectivity index (χ1) is 13.4. The van der Waals surface area contributed by atoms with Crippen molar-refractivity contribution in [1.82, 2.24) is 0 Å². The molecule has 0 amide bonds. The van der Waals surface area contributed by atoms with Gasteiger partial charge in [-0.1, -0.05) is 24.3 Å². The maximum absolute atomic E-state index is 13.4. The predicted octanol–water partition coefficient (Wildman–Crippen LogP) is 4.21. The van der Waals surface area contributed by atoms with Crippen LogP contribution in [-0.2, 0) is 14.3 Å². The minimum Gasteiger partial charge on any atom is -0.465 e. The van der Waals surface area contributed by atoms with E-state index in [0.29, 0.717) is 6.42 Å². The van der Waals surface area contributed by atoms with E-state index < -0.39 is 17.8 Å². The molecule has 0 heterocycles. The van der Waals surface area contributed by atoms with E-state index >= 15 is 0 Å². The van der Waals surface area contributed by atoms with E-state index in [2.05, 4.69) is 0 Å². The van der Waals surface area contributed by atoms with Gasteiger partial charge in [-0.15, -0.1) is 0 Å². The number of anilines is 1. The molecule has 0 fully saturated rings. The number of rotatable bonds is 5. The van der Waals surface area contributed by atoms with Gasteiger partial charge >= 0.3 is 5.97 Å². The van der Waals surface area contributed by atoms with Crippen LogP contribution in [0, 0.1) is 11.7 Å². The maximum atomic E-state index is 13.4. The average Bonchev–Trinajstić information content (AvgIpc) is 2.68. The molecule has 0 spiro atoms. The SMILES string of the molecule is CCOC(=O)[C@H]1C(=O)C=C(c2cccc(N(C)C)c2)C[C@@H]1c1ccc(F)cc1. The van der Waals surface area contributed by atoms with Crippen LogP contribution >= 0.6 is 0 Å². The molecule has 2 atom stereocenters. The highest BCUT2D eigenvalue weighted by atomic mass is 19.1. The standard InChI is InChI=1S/C23H24FNO3/c1-4-28-23(27)22-20(15-8-10-18(24)11-9-15)13-17(14-21(22)26)16-6-5-7-19(12-16)25(2)3/h5-12,14,20,22H,4,13H2,1-3H3/t20-,22-/m1/s1. The van der Waals surface area contributed by atoms with E-state index in [4.69, 9.17) is 4.74 Å². The molecule has 0 saturated carbocycles. The van der Waals surface area contributed by atoms with Gasteiger partial charge in [-0.3, -0.25) is 9.59 Å². The molecule has 5 heteroatoms. The number of ether oxygens (including phenoxy) is 1. The molecule has 0 unspecified atom stereocenters. The highest BCUT2D eigenvalue weighted by Crippen LogP contribution is 2.40. The molecule has 0 aromatic heterocycles. The van der Waals surface area contributed by atoms with Crippen molar-refractivity contribution in [1.29, 1.82) is 0 Å². The van der Waals surface area contributed by atoms with E-state index in [1.54, 1.807) is 25.1 Å². The summed E-state index contributed by atoms with van der Waals surface area (Å²) < 4.78 is 18.5. The largest absolute Gasteiger partial charge is 0.465 e. The molecule has 4 nitrogen and oxygen atoms in total. The summed E-state index contributed by atoms with van der Waals surface area (Å²) in [4.78, 5) is 27.4. The third kappa shape index (κ3) is 4.14. The number of ketones is 1. The lowest BCUT2D eigenvalue weighted by molar-refractivity contribution is -0.151. The van der Waals surface area contributed by atoms with Crippen molar-refractivity contribution < 1.29 is 18.7 Å². The van der Waals surface area contributed by atoms with Gasteiger partial charge in [0.1, 0.15) is 11.7 Å². The van der Waals surface area contributed by atoms with Gasteiger partial charge < -0.3 is 9.64 Å². The molecular formula is C23H24FNO3. The number of benzene rings is 2. The fourth-order valence-electron chi connectivity index (χ4n) is 3.59. The van der Waals surface area contributed by atoms with Crippen LogP contribution in [0.4, 0.5) is 10.1 Å². The van der Waals surface area contributed by atoms with Crippen molar-refractivity contribution in [2.75, 3.05) is 25.6 Å². The third-order valence-electron chi connectivity index (χ3n) is 5.04. The second kappa shape index (κ2) is 8.38. The van der Waals surface area contributed by atoms with Crippen LogP contribution in [0.3, 0.4) is 0 Å². The lowest BCUT2D eigenvalue weighted by Gasteiger charge is -2.29. The summed E-state index contributed by atoms with van der Waals surface area (Å²) in [5.41, 5.74) is 3.58. The van der Waals surface area contributed by atoms with Gasteiger partial charge in [0.05, 0.1) is 6.61 Å². The van der Waals surface area contributed by atoms with Crippen molar-refractivity contribution in [3.05, 3.63) is 71.6 Å². The van der Waals surface area contributed by atoms with E-state index in [9.17, 15) is 14.0 Å². The van der Waals surface area contributed by atoms with Crippen molar-refractivity contribution in [3.8, 4) is 0 Å². The minimum atomic E-state index is -0.911. The van der Waals surface area contributed by atoms with Crippen LogP contribution in [0.1, 0.15) is 30.4 Å². The molecule has 0 N–H and O–H groups in total. The first kappa shape index (κ1) is 19.8. The molecule has 0 radical (unpaired) electrons. The Morgan fingerprint density at radius 1 is 1.18 bits per heavy atom. The molecule has 2 aromatic rings. The zero-order valence-electron chi connectivity index (χ0n) is 16.3. The lowest BCUT2D eigenvalue weighted by atomic mass is 9.73. The van der Waals surface area contributed by atoms with Gasteiger partial charge in [0.2, 0.25) is 0 Å². The molecular weight excluding hydrogens is 357 g/mol. The highest BCUT2D eigenvalue weighted by molar-refractivity contribution is 6.10. The lowest BCUT2D eigenvalue weighted by Crippen LogP contribution is -2.34. The average molecular weight is 381 g/mol. The third-order valence-corrected chi connectivity index (χ3v) is 5.04. The number of hydrogen-bond donors (Lipinski definition) is 0. The zero-order chi connectivity index (χ0) is 20.3. The number of carbonyl (C=O) groups excluding carboxylic acids is 2. The quantitative estimate of drug-likeness (QED) is 0.575. The van der Waals surface area contributed by atoms with Gasteiger partial charge in [0.15, 0.2) is 5.78 Å². The smallest absolute Gasteiger partial charge is 0.317 e. The fraction of sp³-hybridized carbons (Fsp3) is 0.304. The summed E-state index contributed by atoms with van der Waals surface area (Å²) in [6, 6.07) is 13.9. The second-order valence-corrected chi connectivity index (χ2v) is 7.11. The minimum absolute atomic E-state index is 0.209. The Kier molecular flexibility index (Phi) is 5.93. The summed E-state index contributed by atoms with van der Waals surface area (Å²) in [7, 11) is 3.91. The number of halogens is 1. The molecule has 0 aliphatic heterocycles. The number of esters is 1. The Morgan fingerprint density at radius 2 is 1.89 bits per heavy atom. The van der Waals surface area contributed by atoms with E-state index in [1.165, 1.54) is 12.1 Å². The predicted molar refractivity (Wildman–Crippen MR) is 108 cm³/mol. The number of allylic oxidation sites excluding steroid dienone is 2. The summed E-state index contributed by atoms with van der Waals surface area (Å²) in [5, 5.41) is 0. The fourth-order valence-corrected chi connectivity index (χ4v) is 3.59. The Morgan fingerprint density at radius 3 is 2.54 bits per heavy atom. The Labute approximate surface area is 164 Å². The van der Waals surface area contributed by atoms with Gasteiger partial charge in [-0.05, 0) is 60.4 Å². The molecule has 3 rings (SSSR count). The highest BCUT2D eigenvalue weighted by Gasteiger charge is 2.39. The van der Waals surface area contributed by atoms with E-state index in [0.717, 1.165) is 22.4 Å². The van der Waals surface area contributed by atoms with Crippen molar-refractivity contribution in [2.45, 2.75) is 19.3 Å². The topological polar surface area (TPSA) is 46.6 Å². The van der Waals surface area contributed by atoms with Gasteiger partial charge in [0, 0.05) is 25.7 Å².